The molecular weight excluding hydrogens is 328 g/mol. The Balaban J connectivity index is 1.59. The molecule has 1 heterocycles. The van der Waals surface area contributed by atoms with E-state index in [1.807, 2.05) is 0 Å². The fourth-order valence-electron chi connectivity index (χ4n) is 3.77. The van der Waals surface area contributed by atoms with Crippen LogP contribution in [0.25, 0.3) is 10.2 Å². The van der Waals surface area contributed by atoms with Gasteiger partial charge in [0.1, 0.15) is 0 Å². The zero-order valence-electron chi connectivity index (χ0n) is 15.7. The SMILES string of the molecule is CCCCC1CCC(C(=O)Nc2nc3ccc(C(C)C)cc3s2)CC1. The highest BCUT2D eigenvalue weighted by Crippen LogP contribution is 2.34. The monoisotopic (exact) mass is 358 g/mol. The number of carbonyl (C=O) groups excluding carboxylic acids is 1. The largest absolute Gasteiger partial charge is 0.302 e. The first-order valence-corrected chi connectivity index (χ1v) is 10.6. The molecule has 1 fully saturated rings. The molecule has 0 unspecified atom stereocenters. The molecule has 0 aliphatic heterocycles. The van der Waals surface area contributed by atoms with E-state index in [0.29, 0.717) is 5.92 Å². The summed E-state index contributed by atoms with van der Waals surface area (Å²) in [6, 6.07) is 6.40. The van der Waals surface area contributed by atoms with Crippen LogP contribution < -0.4 is 5.32 Å². The summed E-state index contributed by atoms with van der Waals surface area (Å²) in [5.74, 6) is 1.67. The van der Waals surface area contributed by atoms with Gasteiger partial charge in [-0.1, -0.05) is 57.4 Å². The van der Waals surface area contributed by atoms with Crippen LogP contribution in [0.1, 0.15) is 77.2 Å². The summed E-state index contributed by atoms with van der Waals surface area (Å²) in [6.07, 6.45) is 8.40. The van der Waals surface area contributed by atoms with Crippen molar-refractivity contribution in [3.05, 3.63) is 23.8 Å². The number of aromatic nitrogens is 1. The Labute approximate surface area is 155 Å². The van der Waals surface area contributed by atoms with E-state index in [1.165, 1.54) is 37.7 Å². The van der Waals surface area contributed by atoms with Gasteiger partial charge in [0.2, 0.25) is 5.91 Å². The molecule has 1 amide bonds. The molecule has 0 radical (unpaired) electrons. The number of thiazole rings is 1. The van der Waals surface area contributed by atoms with E-state index in [4.69, 9.17) is 0 Å². The van der Waals surface area contributed by atoms with Gasteiger partial charge in [0.25, 0.3) is 0 Å². The summed E-state index contributed by atoms with van der Waals surface area (Å²) in [5, 5.41) is 3.82. The molecule has 25 heavy (non-hydrogen) atoms. The summed E-state index contributed by atoms with van der Waals surface area (Å²) in [5.41, 5.74) is 2.30. The highest BCUT2D eigenvalue weighted by molar-refractivity contribution is 7.22. The normalized spacial score (nSPS) is 21.0. The van der Waals surface area contributed by atoms with Gasteiger partial charge in [-0.15, -0.1) is 0 Å². The van der Waals surface area contributed by atoms with Gasteiger partial charge in [0, 0.05) is 5.92 Å². The summed E-state index contributed by atoms with van der Waals surface area (Å²) in [7, 11) is 0. The number of anilines is 1. The van der Waals surface area contributed by atoms with Crippen LogP contribution in [-0.2, 0) is 4.79 Å². The molecule has 1 aromatic heterocycles. The molecule has 3 nitrogen and oxygen atoms in total. The average molecular weight is 359 g/mol. The maximum absolute atomic E-state index is 12.6. The third-order valence-electron chi connectivity index (χ3n) is 5.49. The van der Waals surface area contributed by atoms with Crippen LogP contribution in [0.5, 0.6) is 0 Å². The molecule has 1 aliphatic carbocycles. The Morgan fingerprint density at radius 1 is 1.28 bits per heavy atom. The average Bonchev–Trinajstić information content (AvgIpc) is 3.01. The summed E-state index contributed by atoms with van der Waals surface area (Å²) in [6.45, 7) is 6.64. The molecular formula is C21H30N2OS. The van der Waals surface area contributed by atoms with Crippen LogP contribution in [0.3, 0.4) is 0 Å². The first-order chi connectivity index (χ1) is 12.1. The molecule has 1 saturated carbocycles. The molecule has 136 valence electrons. The first kappa shape index (κ1) is 18.4. The summed E-state index contributed by atoms with van der Waals surface area (Å²) in [4.78, 5) is 17.2. The number of benzene rings is 1. The Kier molecular flexibility index (Phi) is 6.10. The van der Waals surface area contributed by atoms with E-state index in [9.17, 15) is 4.79 Å². The van der Waals surface area contributed by atoms with Crippen molar-refractivity contribution < 1.29 is 4.79 Å². The van der Waals surface area contributed by atoms with Crippen molar-refractivity contribution in [1.82, 2.24) is 4.98 Å². The lowest BCUT2D eigenvalue weighted by Gasteiger charge is -2.27. The highest BCUT2D eigenvalue weighted by Gasteiger charge is 2.26. The van der Waals surface area contributed by atoms with Gasteiger partial charge in [-0.3, -0.25) is 4.79 Å². The number of fused-ring (bicyclic) bond motifs is 1. The third kappa shape index (κ3) is 4.60. The van der Waals surface area contributed by atoms with Crippen molar-refractivity contribution in [2.24, 2.45) is 11.8 Å². The molecule has 0 spiro atoms. The quantitative estimate of drug-likeness (QED) is 0.653. The lowest BCUT2D eigenvalue weighted by molar-refractivity contribution is -0.121. The maximum atomic E-state index is 12.6. The van der Waals surface area contributed by atoms with Crippen LogP contribution in [0.2, 0.25) is 0 Å². The topological polar surface area (TPSA) is 42.0 Å². The predicted octanol–water partition coefficient (Wildman–Crippen LogP) is 6.35. The minimum absolute atomic E-state index is 0.163. The maximum Gasteiger partial charge on any atom is 0.229 e. The lowest BCUT2D eigenvalue weighted by atomic mass is 9.79. The van der Waals surface area contributed by atoms with E-state index in [2.05, 4.69) is 49.3 Å². The molecule has 1 aromatic carbocycles. The third-order valence-corrected chi connectivity index (χ3v) is 6.43. The van der Waals surface area contributed by atoms with Crippen LogP contribution >= 0.6 is 11.3 Å². The number of rotatable bonds is 6. The van der Waals surface area contributed by atoms with Crippen LogP contribution in [-0.4, -0.2) is 10.9 Å². The van der Waals surface area contributed by atoms with Gasteiger partial charge in [-0.25, -0.2) is 4.98 Å². The molecule has 1 N–H and O–H groups in total. The van der Waals surface area contributed by atoms with E-state index >= 15 is 0 Å². The lowest BCUT2D eigenvalue weighted by Crippen LogP contribution is -2.27. The zero-order chi connectivity index (χ0) is 17.8. The van der Waals surface area contributed by atoms with Crippen molar-refractivity contribution in [2.45, 2.75) is 71.6 Å². The fraction of sp³-hybridized carbons (Fsp3) is 0.619. The van der Waals surface area contributed by atoms with E-state index in [1.54, 1.807) is 11.3 Å². The summed E-state index contributed by atoms with van der Waals surface area (Å²) < 4.78 is 1.16. The minimum Gasteiger partial charge on any atom is -0.302 e. The van der Waals surface area contributed by atoms with Gasteiger partial charge in [-0.2, -0.15) is 0 Å². The number of unbranched alkanes of at least 4 members (excludes halogenated alkanes) is 1. The van der Waals surface area contributed by atoms with Gasteiger partial charge in [0.05, 0.1) is 10.2 Å². The van der Waals surface area contributed by atoms with Crippen molar-refractivity contribution in [2.75, 3.05) is 5.32 Å². The van der Waals surface area contributed by atoms with Crippen LogP contribution in [0, 0.1) is 11.8 Å². The highest BCUT2D eigenvalue weighted by atomic mass is 32.1. The fourth-order valence-corrected chi connectivity index (χ4v) is 4.68. The molecule has 1 aliphatic rings. The van der Waals surface area contributed by atoms with Crippen molar-refractivity contribution in [3.63, 3.8) is 0 Å². The Morgan fingerprint density at radius 2 is 2.04 bits per heavy atom. The zero-order valence-corrected chi connectivity index (χ0v) is 16.5. The summed E-state index contributed by atoms with van der Waals surface area (Å²) >= 11 is 1.59. The Morgan fingerprint density at radius 3 is 2.72 bits per heavy atom. The second kappa shape index (κ2) is 8.31. The smallest absolute Gasteiger partial charge is 0.229 e. The van der Waals surface area contributed by atoms with Gasteiger partial charge < -0.3 is 5.32 Å². The Hall–Kier alpha value is -1.42. The van der Waals surface area contributed by atoms with Gasteiger partial charge in [-0.05, 0) is 55.2 Å². The van der Waals surface area contributed by atoms with Gasteiger partial charge in [0.15, 0.2) is 5.13 Å². The number of hydrogen-bond donors (Lipinski definition) is 1. The standard InChI is InChI=1S/C21H30N2OS/c1-4-5-6-15-7-9-16(10-8-15)20(24)23-21-22-18-12-11-17(14(2)3)13-19(18)25-21/h11-16H,4-10H2,1-3H3,(H,22,23,24). The molecule has 4 heteroatoms. The van der Waals surface area contributed by atoms with E-state index in [0.717, 1.165) is 34.1 Å². The van der Waals surface area contributed by atoms with E-state index < -0.39 is 0 Å². The molecule has 0 atom stereocenters. The second-order valence-electron chi connectivity index (χ2n) is 7.75. The molecule has 2 aromatic rings. The molecule has 0 saturated heterocycles. The van der Waals surface area contributed by atoms with Crippen molar-refractivity contribution >= 4 is 32.6 Å². The number of nitrogens with zero attached hydrogens (tertiary/aromatic N) is 1. The molecule has 0 bridgehead atoms. The second-order valence-corrected chi connectivity index (χ2v) is 8.78. The van der Waals surface area contributed by atoms with Gasteiger partial charge >= 0.3 is 0 Å². The van der Waals surface area contributed by atoms with Crippen molar-refractivity contribution in [1.29, 1.82) is 0 Å². The Bertz CT molecular complexity index is 714. The number of nitrogens with one attached hydrogen (secondary N) is 1. The predicted molar refractivity (Wildman–Crippen MR) is 107 cm³/mol. The molecule has 3 rings (SSSR count). The van der Waals surface area contributed by atoms with Crippen LogP contribution in [0.4, 0.5) is 5.13 Å². The first-order valence-electron chi connectivity index (χ1n) is 9.78. The van der Waals surface area contributed by atoms with Crippen LogP contribution in [0.15, 0.2) is 18.2 Å². The number of amides is 1. The van der Waals surface area contributed by atoms with E-state index in [-0.39, 0.29) is 11.8 Å². The van der Waals surface area contributed by atoms with Crippen molar-refractivity contribution in [3.8, 4) is 0 Å². The number of hydrogen-bond acceptors (Lipinski definition) is 3. The number of carbonyl (C=O) groups is 1. The minimum atomic E-state index is 0.163.